The van der Waals surface area contributed by atoms with Gasteiger partial charge in [0.15, 0.2) is 0 Å². The number of hydrogen-bond acceptors (Lipinski definition) is 3. The van der Waals surface area contributed by atoms with Gasteiger partial charge in [-0.15, -0.1) is 12.4 Å². The summed E-state index contributed by atoms with van der Waals surface area (Å²) in [6.45, 7) is 3.43. The maximum Gasteiger partial charge on any atom is 0.254 e. The predicted octanol–water partition coefficient (Wildman–Crippen LogP) is 2.27. The molecular formula is C17H24ClN3O2. The molecule has 1 saturated carbocycles. The highest BCUT2D eigenvalue weighted by Gasteiger charge is 2.32. The zero-order valence-electron chi connectivity index (χ0n) is 13.3. The number of anilines is 1. The molecule has 0 radical (unpaired) electrons. The number of halogens is 1. The van der Waals surface area contributed by atoms with Crippen LogP contribution in [-0.2, 0) is 4.79 Å². The Kier molecular flexibility index (Phi) is 5.65. The zero-order valence-corrected chi connectivity index (χ0v) is 14.1. The summed E-state index contributed by atoms with van der Waals surface area (Å²) in [7, 11) is 0. The Morgan fingerprint density at radius 3 is 2.43 bits per heavy atom. The topological polar surface area (TPSA) is 75.4 Å². The molecule has 1 aromatic rings. The highest BCUT2D eigenvalue weighted by molar-refractivity contribution is 5.97. The number of amides is 2. The number of carbonyl (C=O) groups is 2. The quantitative estimate of drug-likeness (QED) is 0.885. The van der Waals surface area contributed by atoms with Crippen LogP contribution in [0.25, 0.3) is 0 Å². The molecule has 6 heteroatoms. The van der Waals surface area contributed by atoms with E-state index < -0.39 is 0 Å². The SMILES string of the molecule is CC1CC(CN)CN1C(=O)c1ccc(NC(=O)C2CC2)cc1.Cl. The van der Waals surface area contributed by atoms with Crippen LogP contribution in [0.3, 0.4) is 0 Å². The molecular weight excluding hydrogens is 314 g/mol. The van der Waals surface area contributed by atoms with Crippen molar-refractivity contribution >= 4 is 29.9 Å². The molecule has 1 saturated heterocycles. The Morgan fingerprint density at radius 2 is 1.91 bits per heavy atom. The van der Waals surface area contributed by atoms with Crippen molar-refractivity contribution in [2.75, 3.05) is 18.4 Å². The molecule has 2 aliphatic rings. The van der Waals surface area contributed by atoms with Gasteiger partial charge >= 0.3 is 0 Å². The van der Waals surface area contributed by atoms with E-state index in [9.17, 15) is 9.59 Å². The molecule has 1 aliphatic carbocycles. The lowest BCUT2D eigenvalue weighted by molar-refractivity contribution is -0.117. The van der Waals surface area contributed by atoms with Gasteiger partial charge in [0, 0.05) is 29.8 Å². The van der Waals surface area contributed by atoms with Crippen molar-refractivity contribution in [3.63, 3.8) is 0 Å². The van der Waals surface area contributed by atoms with Crippen LogP contribution in [0.1, 0.15) is 36.5 Å². The number of hydrogen-bond donors (Lipinski definition) is 2. The Labute approximate surface area is 143 Å². The molecule has 2 unspecified atom stereocenters. The molecule has 1 aromatic carbocycles. The first-order chi connectivity index (χ1) is 10.6. The van der Waals surface area contributed by atoms with E-state index in [1.807, 2.05) is 4.90 Å². The van der Waals surface area contributed by atoms with Gasteiger partial charge in [-0.05, 0) is 62.9 Å². The van der Waals surface area contributed by atoms with Gasteiger partial charge in [0.05, 0.1) is 0 Å². The van der Waals surface area contributed by atoms with E-state index in [0.717, 1.165) is 31.5 Å². The number of carbonyl (C=O) groups excluding carboxylic acids is 2. The van der Waals surface area contributed by atoms with Crippen molar-refractivity contribution in [3.05, 3.63) is 29.8 Å². The predicted molar refractivity (Wildman–Crippen MR) is 92.7 cm³/mol. The zero-order chi connectivity index (χ0) is 15.7. The Hall–Kier alpha value is -1.59. The molecule has 3 N–H and O–H groups in total. The van der Waals surface area contributed by atoms with Crippen LogP contribution in [-0.4, -0.2) is 35.8 Å². The van der Waals surface area contributed by atoms with Gasteiger partial charge in [-0.3, -0.25) is 9.59 Å². The molecule has 0 bridgehead atoms. The molecule has 5 nitrogen and oxygen atoms in total. The molecule has 0 aromatic heterocycles. The first-order valence-electron chi connectivity index (χ1n) is 8.00. The normalized spacial score (nSPS) is 23.3. The minimum atomic E-state index is 0. The third-order valence-corrected chi connectivity index (χ3v) is 4.60. The van der Waals surface area contributed by atoms with Gasteiger partial charge < -0.3 is 16.0 Å². The van der Waals surface area contributed by atoms with Crippen molar-refractivity contribution in [1.82, 2.24) is 4.90 Å². The molecule has 2 fully saturated rings. The van der Waals surface area contributed by atoms with E-state index in [-0.39, 0.29) is 36.2 Å². The number of nitrogens with two attached hydrogens (primary N) is 1. The monoisotopic (exact) mass is 337 g/mol. The maximum atomic E-state index is 12.6. The minimum absolute atomic E-state index is 0. The molecule has 23 heavy (non-hydrogen) atoms. The summed E-state index contributed by atoms with van der Waals surface area (Å²) in [6, 6.07) is 7.40. The number of nitrogens with one attached hydrogen (secondary N) is 1. The number of likely N-dealkylation sites (tertiary alicyclic amines) is 1. The lowest BCUT2D eigenvalue weighted by Crippen LogP contribution is -2.34. The average Bonchev–Trinajstić information content (AvgIpc) is 3.30. The lowest BCUT2D eigenvalue weighted by Gasteiger charge is -2.21. The molecule has 0 spiro atoms. The Bertz CT molecular complexity index is 572. The van der Waals surface area contributed by atoms with Crippen molar-refractivity contribution in [1.29, 1.82) is 0 Å². The fourth-order valence-corrected chi connectivity index (χ4v) is 3.05. The van der Waals surface area contributed by atoms with Crippen molar-refractivity contribution in [2.24, 2.45) is 17.6 Å². The van der Waals surface area contributed by atoms with Crippen LogP contribution in [0.15, 0.2) is 24.3 Å². The average molecular weight is 338 g/mol. The third-order valence-electron chi connectivity index (χ3n) is 4.60. The molecule has 1 heterocycles. The molecule has 1 aliphatic heterocycles. The summed E-state index contributed by atoms with van der Waals surface area (Å²) in [5, 5.41) is 2.88. The first kappa shape index (κ1) is 17.8. The molecule has 126 valence electrons. The number of nitrogens with zero attached hydrogens (tertiary/aromatic N) is 1. The van der Waals surface area contributed by atoms with E-state index in [1.54, 1.807) is 24.3 Å². The Morgan fingerprint density at radius 1 is 1.26 bits per heavy atom. The van der Waals surface area contributed by atoms with Gasteiger partial charge in [0.1, 0.15) is 0 Å². The van der Waals surface area contributed by atoms with Gasteiger partial charge in [0.25, 0.3) is 5.91 Å². The van der Waals surface area contributed by atoms with Crippen LogP contribution in [0, 0.1) is 11.8 Å². The van der Waals surface area contributed by atoms with E-state index in [2.05, 4.69) is 12.2 Å². The summed E-state index contributed by atoms with van der Waals surface area (Å²) < 4.78 is 0. The van der Waals surface area contributed by atoms with Gasteiger partial charge in [-0.2, -0.15) is 0 Å². The second-order valence-corrected chi connectivity index (χ2v) is 6.48. The third kappa shape index (κ3) is 4.03. The van der Waals surface area contributed by atoms with Crippen LogP contribution in [0.4, 0.5) is 5.69 Å². The van der Waals surface area contributed by atoms with Crippen molar-refractivity contribution in [2.45, 2.75) is 32.2 Å². The summed E-state index contributed by atoms with van der Waals surface area (Å²) >= 11 is 0. The van der Waals surface area contributed by atoms with E-state index in [1.165, 1.54) is 0 Å². The second kappa shape index (κ2) is 7.32. The van der Waals surface area contributed by atoms with Crippen LogP contribution < -0.4 is 11.1 Å². The van der Waals surface area contributed by atoms with Crippen molar-refractivity contribution < 1.29 is 9.59 Å². The number of rotatable bonds is 4. The van der Waals surface area contributed by atoms with E-state index in [0.29, 0.717) is 18.0 Å². The molecule has 2 amide bonds. The minimum Gasteiger partial charge on any atom is -0.336 e. The fraction of sp³-hybridized carbons (Fsp3) is 0.529. The van der Waals surface area contributed by atoms with Gasteiger partial charge in [-0.25, -0.2) is 0 Å². The molecule has 3 rings (SSSR count). The first-order valence-corrected chi connectivity index (χ1v) is 8.00. The van der Waals surface area contributed by atoms with Crippen LogP contribution >= 0.6 is 12.4 Å². The molecule has 2 atom stereocenters. The summed E-state index contributed by atoms with van der Waals surface area (Å²) in [6.07, 6.45) is 2.94. The largest absolute Gasteiger partial charge is 0.336 e. The summed E-state index contributed by atoms with van der Waals surface area (Å²) in [4.78, 5) is 26.2. The summed E-state index contributed by atoms with van der Waals surface area (Å²) in [5.74, 6) is 0.706. The van der Waals surface area contributed by atoms with Gasteiger partial charge in [0.2, 0.25) is 5.91 Å². The second-order valence-electron chi connectivity index (χ2n) is 6.48. The Balaban J connectivity index is 0.00000192. The van der Waals surface area contributed by atoms with Crippen molar-refractivity contribution in [3.8, 4) is 0 Å². The highest BCUT2D eigenvalue weighted by Crippen LogP contribution is 2.30. The fourth-order valence-electron chi connectivity index (χ4n) is 3.05. The standard InChI is InChI=1S/C17H23N3O2.ClH/c1-11-8-12(9-18)10-20(11)17(22)14-4-6-15(7-5-14)19-16(21)13-2-3-13;/h4-7,11-13H,2-3,8-10,18H2,1H3,(H,19,21);1H. The lowest BCUT2D eigenvalue weighted by atomic mass is 10.1. The number of benzene rings is 1. The van der Waals surface area contributed by atoms with E-state index in [4.69, 9.17) is 5.73 Å². The highest BCUT2D eigenvalue weighted by atomic mass is 35.5. The maximum absolute atomic E-state index is 12.6. The van der Waals surface area contributed by atoms with Crippen LogP contribution in [0.5, 0.6) is 0 Å². The summed E-state index contributed by atoms with van der Waals surface area (Å²) in [5.41, 5.74) is 7.13. The van der Waals surface area contributed by atoms with E-state index >= 15 is 0 Å². The van der Waals surface area contributed by atoms with Gasteiger partial charge in [-0.1, -0.05) is 0 Å². The van der Waals surface area contributed by atoms with Crippen LogP contribution in [0.2, 0.25) is 0 Å². The smallest absolute Gasteiger partial charge is 0.254 e.